The van der Waals surface area contributed by atoms with Crippen LogP contribution in [-0.2, 0) is 9.47 Å². The first-order chi connectivity index (χ1) is 6.14. The van der Waals surface area contributed by atoms with Gasteiger partial charge in [-0.05, 0) is 26.7 Å². The van der Waals surface area contributed by atoms with E-state index in [9.17, 15) is 0 Å². The first-order valence-corrected chi connectivity index (χ1v) is 6.10. The van der Waals surface area contributed by atoms with Gasteiger partial charge in [0.25, 0.3) is 0 Å². The quantitative estimate of drug-likeness (QED) is 0.565. The van der Waals surface area contributed by atoms with Gasteiger partial charge in [-0.3, -0.25) is 0 Å². The van der Waals surface area contributed by atoms with Gasteiger partial charge >= 0.3 is 0 Å². The molecule has 1 aliphatic heterocycles. The minimum Gasteiger partial charge on any atom is -0.350 e. The fourth-order valence-electron chi connectivity index (χ4n) is 1.42. The molecule has 0 bridgehead atoms. The van der Waals surface area contributed by atoms with E-state index in [2.05, 4.69) is 15.9 Å². The summed E-state index contributed by atoms with van der Waals surface area (Å²) in [5.41, 5.74) is 0. The van der Waals surface area contributed by atoms with Crippen LogP contribution in [-0.4, -0.2) is 24.3 Å². The molecule has 0 amide bonds. The van der Waals surface area contributed by atoms with Crippen molar-refractivity contribution >= 4 is 15.9 Å². The molecule has 3 heteroatoms. The number of alkyl halides is 1. The number of hydrogen-bond acceptors (Lipinski definition) is 2. The van der Waals surface area contributed by atoms with E-state index in [1.807, 2.05) is 13.8 Å². The summed E-state index contributed by atoms with van der Waals surface area (Å²) in [6.45, 7) is 5.66. The second-order valence-corrected chi connectivity index (χ2v) is 4.87. The predicted octanol–water partition coefficient (Wildman–Crippen LogP) is 2.95. The van der Waals surface area contributed by atoms with Gasteiger partial charge in [-0.15, -0.1) is 0 Å². The summed E-state index contributed by atoms with van der Waals surface area (Å²) in [7, 11) is 0. The highest BCUT2D eigenvalue weighted by Gasteiger charge is 2.27. The molecule has 0 unspecified atom stereocenters. The number of unbranched alkanes of at least 4 members (excludes halogenated alkanes) is 1. The van der Waals surface area contributed by atoms with Crippen LogP contribution in [0.2, 0.25) is 0 Å². The first kappa shape index (κ1) is 11.5. The summed E-state index contributed by atoms with van der Waals surface area (Å²) >= 11 is 3.43. The zero-order chi connectivity index (χ0) is 9.73. The zero-order valence-corrected chi connectivity index (χ0v) is 10.1. The highest BCUT2D eigenvalue weighted by atomic mass is 79.9. The van der Waals surface area contributed by atoms with E-state index in [1.165, 1.54) is 19.3 Å². The number of ether oxygens (including phenoxy) is 2. The lowest BCUT2D eigenvalue weighted by Gasteiger charge is -2.34. The van der Waals surface area contributed by atoms with Crippen LogP contribution in [0.3, 0.4) is 0 Å². The van der Waals surface area contributed by atoms with Crippen LogP contribution in [0, 0.1) is 5.92 Å². The van der Waals surface area contributed by atoms with Gasteiger partial charge in [-0.1, -0.05) is 22.4 Å². The molecular formula is C10H19BrO2. The van der Waals surface area contributed by atoms with E-state index in [0.29, 0.717) is 5.92 Å². The molecule has 0 aromatic carbocycles. The third-order valence-electron chi connectivity index (χ3n) is 2.33. The Morgan fingerprint density at radius 2 is 1.85 bits per heavy atom. The monoisotopic (exact) mass is 250 g/mol. The lowest BCUT2D eigenvalue weighted by molar-refractivity contribution is -0.262. The Bertz CT molecular complexity index is 138. The Labute approximate surface area is 89.1 Å². The second-order valence-electron chi connectivity index (χ2n) is 4.07. The Morgan fingerprint density at radius 3 is 2.38 bits per heavy atom. The first-order valence-electron chi connectivity index (χ1n) is 4.98. The van der Waals surface area contributed by atoms with Crippen molar-refractivity contribution in [2.45, 2.75) is 38.9 Å². The third-order valence-corrected chi connectivity index (χ3v) is 2.89. The van der Waals surface area contributed by atoms with Crippen LogP contribution in [0.1, 0.15) is 33.1 Å². The largest absolute Gasteiger partial charge is 0.350 e. The van der Waals surface area contributed by atoms with Crippen molar-refractivity contribution in [2.75, 3.05) is 18.5 Å². The van der Waals surface area contributed by atoms with Crippen LogP contribution in [0.4, 0.5) is 0 Å². The Kier molecular flexibility index (Phi) is 4.70. The average Bonchev–Trinajstić information content (AvgIpc) is 2.08. The summed E-state index contributed by atoms with van der Waals surface area (Å²) in [6.07, 6.45) is 3.74. The van der Waals surface area contributed by atoms with Gasteiger partial charge in [0.15, 0.2) is 5.79 Å². The fourth-order valence-corrected chi connectivity index (χ4v) is 1.82. The van der Waals surface area contributed by atoms with Crippen molar-refractivity contribution in [3.8, 4) is 0 Å². The Hall–Kier alpha value is 0.400. The maximum atomic E-state index is 5.57. The van der Waals surface area contributed by atoms with E-state index in [4.69, 9.17) is 9.47 Å². The standard InChI is InChI=1S/C10H19BrO2/c1-10(2)12-7-9(8-13-10)5-3-4-6-11/h9H,3-8H2,1-2H3. The van der Waals surface area contributed by atoms with Crippen LogP contribution in [0.15, 0.2) is 0 Å². The Balaban J connectivity index is 2.11. The highest BCUT2D eigenvalue weighted by Crippen LogP contribution is 2.23. The minimum absolute atomic E-state index is 0.355. The normalized spacial score (nSPS) is 23.3. The van der Waals surface area contributed by atoms with Crippen molar-refractivity contribution in [1.82, 2.24) is 0 Å². The van der Waals surface area contributed by atoms with E-state index < -0.39 is 0 Å². The molecule has 0 spiro atoms. The summed E-state index contributed by atoms with van der Waals surface area (Å²) in [5, 5.41) is 1.10. The summed E-state index contributed by atoms with van der Waals surface area (Å²) in [5.74, 6) is 0.249. The van der Waals surface area contributed by atoms with Gasteiger partial charge in [-0.2, -0.15) is 0 Å². The van der Waals surface area contributed by atoms with Crippen molar-refractivity contribution in [3.63, 3.8) is 0 Å². The molecule has 0 aromatic heterocycles. The highest BCUT2D eigenvalue weighted by molar-refractivity contribution is 9.09. The van der Waals surface area contributed by atoms with Crippen molar-refractivity contribution < 1.29 is 9.47 Å². The molecule has 0 atom stereocenters. The van der Waals surface area contributed by atoms with Gasteiger partial charge in [0, 0.05) is 11.2 Å². The Morgan fingerprint density at radius 1 is 1.23 bits per heavy atom. The lowest BCUT2D eigenvalue weighted by atomic mass is 10.0. The molecule has 0 aromatic rings. The SMILES string of the molecule is CC1(C)OCC(CCCCBr)CO1. The van der Waals surface area contributed by atoms with Crippen molar-refractivity contribution in [2.24, 2.45) is 5.92 Å². The molecule has 1 fully saturated rings. The maximum absolute atomic E-state index is 5.57. The molecule has 0 aliphatic carbocycles. The summed E-state index contributed by atoms with van der Waals surface area (Å²) < 4.78 is 11.1. The van der Waals surface area contributed by atoms with Crippen molar-refractivity contribution in [1.29, 1.82) is 0 Å². The van der Waals surface area contributed by atoms with Gasteiger partial charge < -0.3 is 9.47 Å². The molecule has 0 radical (unpaired) electrons. The van der Waals surface area contributed by atoms with Crippen LogP contribution in [0.25, 0.3) is 0 Å². The van der Waals surface area contributed by atoms with Crippen LogP contribution in [0.5, 0.6) is 0 Å². The molecule has 0 saturated carbocycles. The molecule has 1 heterocycles. The number of hydrogen-bond donors (Lipinski definition) is 0. The van der Waals surface area contributed by atoms with Gasteiger partial charge in [0.2, 0.25) is 0 Å². The van der Waals surface area contributed by atoms with E-state index in [0.717, 1.165) is 18.5 Å². The topological polar surface area (TPSA) is 18.5 Å². The third kappa shape index (κ3) is 4.43. The van der Waals surface area contributed by atoms with E-state index in [-0.39, 0.29) is 5.79 Å². The molecule has 1 saturated heterocycles. The molecule has 78 valence electrons. The van der Waals surface area contributed by atoms with Crippen LogP contribution < -0.4 is 0 Å². The molecular weight excluding hydrogens is 232 g/mol. The predicted molar refractivity (Wildman–Crippen MR) is 57.1 cm³/mol. The molecule has 2 nitrogen and oxygen atoms in total. The van der Waals surface area contributed by atoms with Gasteiger partial charge in [0.1, 0.15) is 0 Å². The van der Waals surface area contributed by atoms with Gasteiger partial charge in [0.05, 0.1) is 13.2 Å². The maximum Gasteiger partial charge on any atom is 0.162 e. The second kappa shape index (κ2) is 5.32. The molecule has 0 N–H and O–H groups in total. The number of rotatable bonds is 4. The van der Waals surface area contributed by atoms with Crippen LogP contribution >= 0.6 is 15.9 Å². The average molecular weight is 251 g/mol. The zero-order valence-electron chi connectivity index (χ0n) is 8.51. The fraction of sp³-hybridized carbons (Fsp3) is 1.00. The molecule has 1 aliphatic rings. The summed E-state index contributed by atoms with van der Waals surface area (Å²) in [4.78, 5) is 0. The van der Waals surface area contributed by atoms with Gasteiger partial charge in [-0.25, -0.2) is 0 Å². The summed E-state index contributed by atoms with van der Waals surface area (Å²) in [6, 6.07) is 0. The minimum atomic E-state index is -0.355. The molecule has 13 heavy (non-hydrogen) atoms. The van der Waals surface area contributed by atoms with Crippen molar-refractivity contribution in [3.05, 3.63) is 0 Å². The smallest absolute Gasteiger partial charge is 0.162 e. The number of halogens is 1. The molecule has 1 rings (SSSR count). The van der Waals surface area contributed by atoms with E-state index >= 15 is 0 Å². The lowest BCUT2D eigenvalue weighted by Crippen LogP contribution is -2.39. The van der Waals surface area contributed by atoms with E-state index in [1.54, 1.807) is 0 Å².